The normalized spacial score (nSPS) is 29.8. The Morgan fingerprint density at radius 3 is 2.50 bits per heavy atom. The first kappa shape index (κ1) is 14.9. The van der Waals surface area contributed by atoms with Gasteiger partial charge < -0.3 is 14.4 Å². The van der Waals surface area contributed by atoms with E-state index in [1.807, 2.05) is 0 Å². The van der Waals surface area contributed by atoms with Crippen LogP contribution in [-0.4, -0.2) is 38.8 Å². The molecule has 1 aliphatic rings. The van der Waals surface area contributed by atoms with Gasteiger partial charge in [0.15, 0.2) is 0 Å². The van der Waals surface area contributed by atoms with E-state index in [2.05, 4.69) is 20.9 Å². The molecular formula is C16H24NO3+. The van der Waals surface area contributed by atoms with Crippen molar-refractivity contribution in [3.8, 4) is 5.75 Å². The maximum absolute atomic E-state index is 12.2. The first-order valence-corrected chi connectivity index (χ1v) is 7.18. The van der Waals surface area contributed by atoms with E-state index in [-0.39, 0.29) is 12.1 Å². The number of likely N-dealkylation sites (tertiary alicyclic amines) is 1. The van der Waals surface area contributed by atoms with Gasteiger partial charge >= 0.3 is 5.97 Å². The fourth-order valence-corrected chi connectivity index (χ4v) is 2.72. The molecule has 1 saturated heterocycles. The van der Waals surface area contributed by atoms with Crippen molar-refractivity contribution in [3.63, 3.8) is 0 Å². The number of quaternary nitrogens is 1. The summed E-state index contributed by atoms with van der Waals surface area (Å²) in [6.45, 7) is 5.40. The summed E-state index contributed by atoms with van der Waals surface area (Å²) in [5, 5.41) is 0. The number of benzene rings is 1. The van der Waals surface area contributed by atoms with Crippen molar-refractivity contribution in [2.75, 3.05) is 20.7 Å². The minimum absolute atomic E-state index is 0.0169. The zero-order chi connectivity index (χ0) is 14.7. The number of nitrogens with one attached hydrogen (secondary N) is 1. The Kier molecular flexibility index (Phi) is 4.65. The van der Waals surface area contributed by atoms with Crippen LogP contribution in [0.4, 0.5) is 0 Å². The SMILES string of the molecule is COc1ccc(C(=O)O[C@@H]2C[C@H](C)[NH+](C)C[C@H]2C)cc1. The highest BCUT2D eigenvalue weighted by molar-refractivity contribution is 5.89. The summed E-state index contributed by atoms with van der Waals surface area (Å²) in [4.78, 5) is 13.7. The summed E-state index contributed by atoms with van der Waals surface area (Å²) in [7, 11) is 3.81. The van der Waals surface area contributed by atoms with Crippen molar-refractivity contribution in [3.05, 3.63) is 29.8 Å². The van der Waals surface area contributed by atoms with Crippen molar-refractivity contribution < 1.29 is 19.2 Å². The number of hydrogen-bond donors (Lipinski definition) is 1. The average Bonchev–Trinajstić information content (AvgIpc) is 2.44. The van der Waals surface area contributed by atoms with E-state index in [1.165, 1.54) is 4.90 Å². The van der Waals surface area contributed by atoms with Crippen LogP contribution < -0.4 is 9.64 Å². The van der Waals surface area contributed by atoms with Gasteiger partial charge in [-0.15, -0.1) is 0 Å². The van der Waals surface area contributed by atoms with Gasteiger partial charge in [0, 0.05) is 12.3 Å². The second-order valence-electron chi connectivity index (χ2n) is 5.84. The van der Waals surface area contributed by atoms with Crippen molar-refractivity contribution in [2.24, 2.45) is 5.92 Å². The van der Waals surface area contributed by atoms with Gasteiger partial charge in [-0.3, -0.25) is 0 Å². The molecule has 20 heavy (non-hydrogen) atoms. The highest BCUT2D eigenvalue weighted by Crippen LogP contribution is 2.19. The maximum Gasteiger partial charge on any atom is 0.338 e. The van der Waals surface area contributed by atoms with Gasteiger partial charge in [0.1, 0.15) is 11.9 Å². The highest BCUT2D eigenvalue weighted by atomic mass is 16.5. The van der Waals surface area contributed by atoms with Crippen molar-refractivity contribution in [1.82, 2.24) is 0 Å². The van der Waals surface area contributed by atoms with Crippen molar-refractivity contribution in [2.45, 2.75) is 32.4 Å². The fraction of sp³-hybridized carbons (Fsp3) is 0.562. The maximum atomic E-state index is 12.2. The summed E-state index contributed by atoms with van der Waals surface area (Å²) in [5.41, 5.74) is 0.580. The number of rotatable bonds is 3. The molecule has 0 aliphatic carbocycles. The number of carbonyl (C=O) groups excluding carboxylic acids is 1. The molecule has 0 spiro atoms. The molecule has 4 heteroatoms. The van der Waals surface area contributed by atoms with E-state index < -0.39 is 0 Å². The van der Waals surface area contributed by atoms with Crippen molar-refractivity contribution in [1.29, 1.82) is 0 Å². The molecule has 1 aromatic carbocycles. The third kappa shape index (κ3) is 3.31. The summed E-state index contributed by atoms with van der Waals surface area (Å²) in [6, 6.07) is 7.58. The van der Waals surface area contributed by atoms with Crippen LogP contribution >= 0.6 is 0 Å². The average molecular weight is 278 g/mol. The van der Waals surface area contributed by atoms with E-state index in [0.29, 0.717) is 17.5 Å². The number of esters is 1. The first-order valence-electron chi connectivity index (χ1n) is 7.18. The lowest BCUT2D eigenvalue weighted by Gasteiger charge is -2.36. The molecule has 1 aromatic rings. The Morgan fingerprint density at radius 2 is 1.90 bits per heavy atom. The largest absolute Gasteiger partial charge is 0.497 e. The van der Waals surface area contributed by atoms with Gasteiger partial charge in [0.25, 0.3) is 0 Å². The van der Waals surface area contributed by atoms with Crippen LogP contribution in [0.25, 0.3) is 0 Å². The smallest absolute Gasteiger partial charge is 0.338 e. The quantitative estimate of drug-likeness (QED) is 0.844. The molecule has 1 heterocycles. The zero-order valence-corrected chi connectivity index (χ0v) is 12.7. The standard InChI is InChI=1S/C16H23NO3/c1-11-10-17(3)12(2)9-15(11)20-16(18)13-5-7-14(19-4)8-6-13/h5-8,11-12,15H,9-10H2,1-4H3/p+1/t11-,12+,15-/m1/s1. The second-order valence-corrected chi connectivity index (χ2v) is 5.84. The lowest BCUT2D eigenvalue weighted by atomic mass is 9.92. The van der Waals surface area contributed by atoms with Gasteiger partial charge in [-0.2, -0.15) is 0 Å². The Hall–Kier alpha value is -1.55. The topological polar surface area (TPSA) is 40.0 Å². The first-order chi connectivity index (χ1) is 9.51. The Labute approximate surface area is 120 Å². The van der Waals surface area contributed by atoms with E-state index in [9.17, 15) is 4.79 Å². The minimum atomic E-state index is -0.240. The molecule has 0 amide bonds. The molecule has 0 radical (unpaired) electrons. The Morgan fingerprint density at radius 1 is 1.25 bits per heavy atom. The molecular weight excluding hydrogens is 254 g/mol. The molecule has 4 nitrogen and oxygen atoms in total. The lowest BCUT2D eigenvalue weighted by Crippen LogP contribution is -3.14. The van der Waals surface area contributed by atoms with Gasteiger partial charge in [-0.25, -0.2) is 4.79 Å². The van der Waals surface area contributed by atoms with Gasteiger partial charge in [0.2, 0.25) is 0 Å². The molecule has 1 unspecified atom stereocenters. The predicted octanol–water partition coefficient (Wildman–Crippen LogP) is 1.16. The van der Waals surface area contributed by atoms with Crippen LogP contribution in [0.3, 0.4) is 0 Å². The van der Waals surface area contributed by atoms with Gasteiger partial charge in [-0.05, 0) is 31.2 Å². The van der Waals surface area contributed by atoms with Crippen LogP contribution in [0.15, 0.2) is 24.3 Å². The van der Waals surface area contributed by atoms with E-state index in [1.54, 1.807) is 31.4 Å². The molecule has 1 fully saturated rings. The summed E-state index contributed by atoms with van der Waals surface area (Å²) in [6.07, 6.45) is 0.942. The molecule has 4 atom stereocenters. The second kappa shape index (κ2) is 6.27. The zero-order valence-electron chi connectivity index (χ0n) is 12.7. The van der Waals surface area contributed by atoms with Gasteiger partial charge in [-0.1, -0.05) is 6.92 Å². The molecule has 110 valence electrons. The number of ether oxygens (including phenoxy) is 2. The molecule has 0 saturated carbocycles. The Bertz CT molecular complexity index is 457. The highest BCUT2D eigenvalue weighted by Gasteiger charge is 2.34. The summed E-state index contributed by atoms with van der Waals surface area (Å²) < 4.78 is 10.8. The van der Waals surface area contributed by atoms with E-state index >= 15 is 0 Å². The van der Waals surface area contributed by atoms with Crippen LogP contribution in [0, 0.1) is 5.92 Å². The molecule has 0 bridgehead atoms. The number of carbonyl (C=O) groups is 1. The number of methoxy groups -OCH3 is 1. The van der Waals surface area contributed by atoms with Gasteiger partial charge in [0.05, 0.1) is 32.3 Å². The number of piperidine rings is 1. The summed E-state index contributed by atoms with van der Waals surface area (Å²) in [5.74, 6) is 0.899. The van der Waals surface area contributed by atoms with Crippen LogP contribution in [0.1, 0.15) is 30.6 Å². The molecule has 2 rings (SSSR count). The monoisotopic (exact) mass is 278 g/mol. The van der Waals surface area contributed by atoms with Crippen molar-refractivity contribution >= 4 is 5.97 Å². The molecule has 1 aliphatic heterocycles. The third-order valence-electron chi connectivity index (χ3n) is 4.29. The third-order valence-corrected chi connectivity index (χ3v) is 4.29. The van der Waals surface area contributed by atoms with E-state index in [0.717, 1.165) is 18.7 Å². The predicted molar refractivity (Wildman–Crippen MR) is 77.2 cm³/mol. The summed E-state index contributed by atoms with van der Waals surface area (Å²) >= 11 is 0. The van der Waals surface area contributed by atoms with Crippen LogP contribution in [-0.2, 0) is 4.74 Å². The fourth-order valence-electron chi connectivity index (χ4n) is 2.72. The van der Waals surface area contributed by atoms with E-state index in [4.69, 9.17) is 9.47 Å². The molecule has 1 N–H and O–H groups in total. The molecule has 0 aromatic heterocycles. The lowest BCUT2D eigenvalue weighted by molar-refractivity contribution is -0.914. The number of hydrogen-bond acceptors (Lipinski definition) is 3. The van der Waals surface area contributed by atoms with Crippen LogP contribution in [0.2, 0.25) is 0 Å². The van der Waals surface area contributed by atoms with Crippen LogP contribution in [0.5, 0.6) is 5.75 Å². The minimum Gasteiger partial charge on any atom is -0.497 e. The Balaban J connectivity index is 1.99.